The number of nitrogens with one attached hydrogen (secondary N) is 1. The monoisotopic (exact) mass is 215 g/mol. The van der Waals surface area contributed by atoms with Gasteiger partial charge in [-0.25, -0.2) is 4.79 Å². The van der Waals surface area contributed by atoms with Gasteiger partial charge < -0.3 is 15.2 Å². The molecule has 0 unspecified atom stereocenters. The Labute approximate surface area is 89.1 Å². The summed E-state index contributed by atoms with van der Waals surface area (Å²) in [6.45, 7) is 4.81. The smallest absolute Gasteiger partial charge is 0.328 e. The summed E-state index contributed by atoms with van der Waals surface area (Å²) >= 11 is 0. The highest BCUT2D eigenvalue weighted by Gasteiger charge is 2.00. The van der Waals surface area contributed by atoms with Gasteiger partial charge in [0.1, 0.15) is 0 Å². The lowest BCUT2D eigenvalue weighted by Gasteiger charge is -2.04. The van der Waals surface area contributed by atoms with E-state index in [-0.39, 0.29) is 5.97 Å². The van der Waals surface area contributed by atoms with Crippen LogP contribution in [0.4, 0.5) is 0 Å². The minimum atomic E-state index is -0.959. The molecule has 0 aliphatic heterocycles. The molecule has 0 atom stereocenters. The lowest BCUT2D eigenvalue weighted by molar-refractivity contribution is -0.143. The molecule has 0 rings (SSSR count). The Morgan fingerprint density at radius 2 is 2.13 bits per heavy atom. The molecule has 0 aromatic carbocycles. The van der Waals surface area contributed by atoms with Crippen LogP contribution in [0.15, 0.2) is 11.6 Å². The van der Waals surface area contributed by atoms with Crippen molar-refractivity contribution in [2.45, 2.75) is 20.3 Å². The van der Waals surface area contributed by atoms with E-state index in [1.807, 2.05) is 0 Å². The molecule has 0 aliphatic rings. The second kappa shape index (κ2) is 7.99. The predicted molar refractivity (Wildman–Crippen MR) is 55.5 cm³/mol. The normalized spacial score (nSPS) is 11.2. The number of carboxylic acids is 1. The van der Waals surface area contributed by atoms with Crippen molar-refractivity contribution in [3.05, 3.63) is 11.6 Å². The lowest BCUT2D eigenvalue weighted by atomic mass is 10.3. The molecular formula is C10H17NO4. The van der Waals surface area contributed by atoms with Gasteiger partial charge in [0.25, 0.3) is 0 Å². The summed E-state index contributed by atoms with van der Waals surface area (Å²) in [5.74, 6) is -1.20. The van der Waals surface area contributed by atoms with Gasteiger partial charge in [-0.3, -0.25) is 4.79 Å². The molecule has 5 heteroatoms. The summed E-state index contributed by atoms with van der Waals surface area (Å²) in [7, 11) is 0. The quantitative estimate of drug-likeness (QED) is 0.368. The van der Waals surface area contributed by atoms with Crippen LogP contribution in [0.1, 0.15) is 20.3 Å². The van der Waals surface area contributed by atoms with Gasteiger partial charge in [-0.15, -0.1) is 0 Å². The summed E-state index contributed by atoms with van der Waals surface area (Å²) in [6, 6.07) is 0. The number of rotatable bonds is 7. The van der Waals surface area contributed by atoms with Crippen molar-refractivity contribution >= 4 is 11.9 Å². The van der Waals surface area contributed by atoms with E-state index in [9.17, 15) is 9.59 Å². The van der Waals surface area contributed by atoms with Crippen LogP contribution in [0.2, 0.25) is 0 Å². The Kier molecular flexibility index (Phi) is 7.27. The summed E-state index contributed by atoms with van der Waals surface area (Å²) < 4.78 is 4.73. The molecule has 0 saturated carbocycles. The van der Waals surface area contributed by atoms with Crippen LogP contribution in [0.25, 0.3) is 0 Å². The van der Waals surface area contributed by atoms with Crippen molar-refractivity contribution in [2.75, 3.05) is 19.7 Å². The summed E-state index contributed by atoms with van der Waals surface area (Å²) in [5.41, 5.74) is 0.714. The van der Waals surface area contributed by atoms with Gasteiger partial charge >= 0.3 is 11.9 Å². The molecule has 0 amide bonds. The van der Waals surface area contributed by atoms with E-state index < -0.39 is 5.97 Å². The number of hydrogen-bond acceptors (Lipinski definition) is 4. The topological polar surface area (TPSA) is 75.6 Å². The highest BCUT2D eigenvalue weighted by atomic mass is 16.5. The van der Waals surface area contributed by atoms with Crippen LogP contribution in [0, 0.1) is 0 Å². The Hall–Kier alpha value is -1.36. The third-order valence-electron chi connectivity index (χ3n) is 1.58. The van der Waals surface area contributed by atoms with E-state index >= 15 is 0 Å². The number of carbonyl (C=O) groups excluding carboxylic acids is 1. The van der Waals surface area contributed by atoms with E-state index in [0.717, 1.165) is 6.08 Å². The number of ether oxygens (including phenoxy) is 1. The maximum Gasteiger partial charge on any atom is 0.328 e. The average Bonchev–Trinajstić information content (AvgIpc) is 2.12. The second-order valence-corrected chi connectivity index (χ2v) is 3.06. The highest BCUT2D eigenvalue weighted by Crippen LogP contribution is 1.90. The maximum atomic E-state index is 10.9. The largest absolute Gasteiger partial charge is 0.478 e. The van der Waals surface area contributed by atoms with Crippen LogP contribution >= 0.6 is 0 Å². The van der Waals surface area contributed by atoms with Crippen molar-refractivity contribution in [1.29, 1.82) is 0 Å². The first-order valence-corrected chi connectivity index (χ1v) is 4.82. The van der Waals surface area contributed by atoms with Crippen LogP contribution < -0.4 is 5.32 Å². The zero-order chi connectivity index (χ0) is 11.7. The standard InChI is InChI=1S/C10H17NO4/c1-3-15-10(14)4-5-11-7-8(2)6-9(12)13/h6,11H,3-5,7H2,1-2H3,(H,12,13). The van der Waals surface area contributed by atoms with E-state index in [4.69, 9.17) is 9.84 Å². The molecule has 0 saturated heterocycles. The van der Waals surface area contributed by atoms with Gasteiger partial charge in [0.15, 0.2) is 0 Å². The Morgan fingerprint density at radius 3 is 2.67 bits per heavy atom. The molecule has 5 nitrogen and oxygen atoms in total. The molecule has 0 aromatic rings. The van der Waals surface area contributed by atoms with Gasteiger partial charge in [-0.1, -0.05) is 5.57 Å². The zero-order valence-corrected chi connectivity index (χ0v) is 9.08. The third-order valence-corrected chi connectivity index (χ3v) is 1.58. The summed E-state index contributed by atoms with van der Waals surface area (Å²) in [6.07, 6.45) is 1.44. The number of aliphatic carboxylic acids is 1. The molecule has 0 radical (unpaired) electrons. The molecule has 2 N–H and O–H groups in total. The number of carboxylic acid groups (broad SMARTS) is 1. The molecule has 0 heterocycles. The third kappa shape index (κ3) is 8.96. The molecule has 0 spiro atoms. The Bertz CT molecular complexity index is 248. The second-order valence-electron chi connectivity index (χ2n) is 3.06. The molecule has 0 aromatic heterocycles. The molecule has 0 bridgehead atoms. The average molecular weight is 215 g/mol. The SMILES string of the molecule is CCOC(=O)CCNCC(C)=CC(=O)O. The van der Waals surface area contributed by atoms with Crippen LogP contribution in [-0.2, 0) is 14.3 Å². The van der Waals surface area contributed by atoms with Crippen molar-refractivity contribution in [3.63, 3.8) is 0 Å². The summed E-state index contributed by atoms with van der Waals surface area (Å²) in [5, 5.41) is 11.4. The first kappa shape index (κ1) is 13.6. The number of hydrogen-bond donors (Lipinski definition) is 2. The van der Waals surface area contributed by atoms with Crippen molar-refractivity contribution in [1.82, 2.24) is 5.32 Å². The first-order valence-electron chi connectivity index (χ1n) is 4.82. The van der Waals surface area contributed by atoms with Gasteiger partial charge in [-0.2, -0.15) is 0 Å². The number of carbonyl (C=O) groups is 2. The van der Waals surface area contributed by atoms with Crippen molar-refractivity contribution < 1.29 is 19.4 Å². The van der Waals surface area contributed by atoms with Crippen LogP contribution in [0.5, 0.6) is 0 Å². The maximum absolute atomic E-state index is 10.9. The van der Waals surface area contributed by atoms with Gasteiger partial charge in [-0.05, 0) is 13.8 Å². The highest BCUT2D eigenvalue weighted by molar-refractivity contribution is 5.80. The van der Waals surface area contributed by atoms with E-state index in [2.05, 4.69) is 5.32 Å². The summed E-state index contributed by atoms with van der Waals surface area (Å²) in [4.78, 5) is 21.2. The first-order chi connectivity index (χ1) is 7.06. The predicted octanol–water partition coefficient (Wildman–Crippen LogP) is 0.560. The Balaban J connectivity index is 3.54. The van der Waals surface area contributed by atoms with Gasteiger partial charge in [0, 0.05) is 19.2 Å². The molecule has 86 valence electrons. The zero-order valence-electron chi connectivity index (χ0n) is 9.08. The van der Waals surface area contributed by atoms with Crippen LogP contribution in [0.3, 0.4) is 0 Å². The minimum Gasteiger partial charge on any atom is -0.478 e. The molecule has 0 aliphatic carbocycles. The van der Waals surface area contributed by atoms with Crippen LogP contribution in [-0.4, -0.2) is 36.7 Å². The molecule has 15 heavy (non-hydrogen) atoms. The van der Waals surface area contributed by atoms with Gasteiger partial charge in [0.2, 0.25) is 0 Å². The Morgan fingerprint density at radius 1 is 1.47 bits per heavy atom. The molecule has 0 fully saturated rings. The van der Waals surface area contributed by atoms with Crippen molar-refractivity contribution in [2.24, 2.45) is 0 Å². The fourth-order valence-electron chi connectivity index (χ4n) is 0.971. The lowest BCUT2D eigenvalue weighted by Crippen LogP contribution is -2.21. The molecular weight excluding hydrogens is 198 g/mol. The van der Waals surface area contributed by atoms with E-state index in [1.54, 1.807) is 13.8 Å². The van der Waals surface area contributed by atoms with Gasteiger partial charge in [0.05, 0.1) is 13.0 Å². The number of esters is 1. The van der Waals surface area contributed by atoms with E-state index in [1.165, 1.54) is 0 Å². The van der Waals surface area contributed by atoms with E-state index in [0.29, 0.717) is 31.7 Å². The minimum absolute atomic E-state index is 0.245. The fraction of sp³-hybridized carbons (Fsp3) is 0.600. The van der Waals surface area contributed by atoms with Crippen molar-refractivity contribution in [3.8, 4) is 0 Å². The fourth-order valence-corrected chi connectivity index (χ4v) is 0.971.